The quantitative estimate of drug-likeness (QED) is 0.697. The van der Waals surface area contributed by atoms with Crippen molar-refractivity contribution in [2.45, 2.75) is 57.1 Å². The van der Waals surface area contributed by atoms with E-state index in [0.717, 1.165) is 19.1 Å². The van der Waals surface area contributed by atoms with E-state index in [1.165, 1.54) is 6.07 Å². The number of hydrogen-bond donors (Lipinski definition) is 1. The van der Waals surface area contributed by atoms with Gasteiger partial charge < -0.3 is 20.2 Å². The Kier molecular flexibility index (Phi) is 6.61. The first kappa shape index (κ1) is 21.1. The summed E-state index contributed by atoms with van der Waals surface area (Å²) in [4.78, 5) is 25.1. The minimum atomic E-state index is -0.461. The van der Waals surface area contributed by atoms with Crippen LogP contribution in [0, 0.1) is 17.7 Å². The number of nitrogens with zero attached hydrogens (tertiary/aromatic N) is 1. The molecule has 1 aromatic rings. The summed E-state index contributed by atoms with van der Waals surface area (Å²) in [7, 11) is 0. The van der Waals surface area contributed by atoms with Gasteiger partial charge in [0, 0.05) is 36.0 Å². The van der Waals surface area contributed by atoms with Crippen LogP contribution in [-0.2, 0) is 9.59 Å². The van der Waals surface area contributed by atoms with Gasteiger partial charge in [-0.1, -0.05) is 11.6 Å². The van der Waals surface area contributed by atoms with Crippen molar-refractivity contribution in [2.75, 3.05) is 13.1 Å². The molecule has 0 aromatic heterocycles. The summed E-state index contributed by atoms with van der Waals surface area (Å²) in [5.41, 5.74) is 5.86. The molecule has 1 aliphatic carbocycles. The van der Waals surface area contributed by atoms with Gasteiger partial charge in [-0.3, -0.25) is 4.79 Å². The predicted octanol–water partition coefficient (Wildman–Crippen LogP) is 3.57. The molecule has 154 valence electrons. The maximum absolute atomic E-state index is 13.9. The number of nitrogens with two attached hydrogens (primary N) is 1. The Hall–Kier alpha value is -1.66. The molecule has 1 unspecified atom stereocenters. The summed E-state index contributed by atoms with van der Waals surface area (Å²) in [5, 5.41) is 0.341. The number of aldehydes is 1. The third kappa shape index (κ3) is 4.84. The molecule has 2 aliphatic rings. The molecule has 7 heteroatoms. The lowest BCUT2D eigenvalue weighted by Gasteiger charge is -2.46. The highest BCUT2D eigenvalue weighted by Crippen LogP contribution is 2.40. The van der Waals surface area contributed by atoms with E-state index in [1.807, 2.05) is 11.8 Å². The maximum atomic E-state index is 13.9. The fraction of sp³-hybridized carbons (Fsp3) is 0.619. The van der Waals surface area contributed by atoms with Crippen LogP contribution in [0.1, 0.15) is 45.4 Å². The first-order valence-corrected chi connectivity index (χ1v) is 10.3. The van der Waals surface area contributed by atoms with E-state index < -0.39 is 5.82 Å². The normalized spacial score (nSPS) is 26.4. The van der Waals surface area contributed by atoms with Crippen LogP contribution in [0.5, 0.6) is 5.75 Å². The van der Waals surface area contributed by atoms with E-state index in [9.17, 15) is 14.0 Å². The van der Waals surface area contributed by atoms with Crippen molar-refractivity contribution in [3.05, 3.63) is 29.0 Å². The van der Waals surface area contributed by atoms with Gasteiger partial charge in [-0.05, 0) is 63.1 Å². The summed E-state index contributed by atoms with van der Waals surface area (Å²) in [5.74, 6) is 0.158. The van der Waals surface area contributed by atoms with Crippen LogP contribution in [-0.4, -0.2) is 41.8 Å². The molecule has 1 atom stereocenters. The molecule has 0 spiro atoms. The number of amides is 1. The molecule has 2 fully saturated rings. The standard InChI is InChI=1S/C21H28ClFN2O3/c1-14(28-19-4-3-17(22)11-18(19)23)15-5-8-25(9-6-15)20(27)16-12-21(24,13-16)7-2-10-26/h3-4,10-11,14-16H,2,5-9,12-13,24H2,1H3. The first-order valence-electron chi connectivity index (χ1n) is 9.94. The van der Waals surface area contributed by atoms with E-state index in [0.29, 0.717) is 43.8 Å². The van der Waals surface area contributed by atoms with E-state index in [1.54, 1.807) is 12.1 Å². The lowest BCUT2D eigenvalue weighted by atomic mass is 9.66. The van der Waals surface area contributed by atoms with Crippen molar-refractivity contribution in [3.63, 3.8) is 0 Å². The van der Waals surface area contributed by atoms with E-state index in [-0.39, 0.29) is 35.1 Å². The molecule has 1 saturated carbocycles. The van der Waals surface area contributed by atoms with Crippen LogP contribution >= 0.6 is 11.6 Å². The molecule has 1 saturated heterocycles. The van der Waals surface area contributed by atoms with Gasteiger partial charge in [0.25, 0.3) is 0 Å². The number of carbonyl (C=O) groups excluding carboxylic acids is 2. The van der Waals surface area contributed by atoms with Crippen LogP contribution < -0.4 is 10.5 Å². The zero-order valence-corrected chi connectivity index (χ0v) is 17.0. The molecule has 3 rings (SSSR count). The van der Waals surface area contributed by atoms with Gasteiger partial charge in [0.2, 0.25) is 5.91 Å². The van der Waals surface area contributed by atoms with Crippen LogP contribution in [0.3, 0.4) is 0 Å². The Morgan fingerprint density at radius 2 is 2.11 bits per heavy atom. The largest absolute Gasteiger partial charge is 0.487 e. The Labute approximate surface area is 170 Å². The Morgan fingerprint density at radius 1 is 1.43 bits per heavy atom. The molecule has 0 radical (unpaired) electrons. The molecule has 5 nitrogen and oxygen atoms in total. The van der Waals surface area contributed by atoms with Gasteiger partial charge >= 0.3 is 0 Å². The molecule has 1 amide bonds. The van der Waals surface area contributed by atoms with Gasteiger partial charge in [-0.2, -0.15) is 0 Å². The summed E-state index contributed by atoms with van der Waals surface area (Å²) in [6.07, 6.45) is 4.82. The van der Waals surface area contributed by atoms with Crippen molar-refractivity contribution < 1.29 is 18.7 Å². The predicted molar refractivity (Wildman–Crippen MR) is 106 cm³/mol. The van der Waals surface area contributed by atoms with Gasteiger partial charge in [0.1, 0.15) is 6.29 Å². The fourth-order valence-corrected chi connectivity index (χ4v) is 4.52. The van der Waals surface area contributed by atoms with E-state index in [2.05, 4.69) is 0 Å². The third-order valence-corrected chi connectivity index (χ3v) is 6.37. The summed E-state index contributed by atoms with van der Waals surface area (Å²) >= 11 is 5.78. The molecule has 0 bridgehead atoms. The number of piperidine rings is 1. The van der Waals surface area contributed by atoms with Crippen molar-refractivity contribution in [2.24, 2.45) is 17.6 Å². The zero-order valence-electron chi connectivity index (χ0n) is 16.2. The highest BCUT2D eigenvalue weighted by Gasteiger charge is 2.45. The molecular weight excluding hydrogens is 383 g/mol. The summed E-state index contributed by atoms with van der Waals surface area (Å²) in [6, 6.07) is 4.41. The van der Waals surface area contributed by atoms with Crippen LogP contribution in [0.25, 0.3) is 0 Å². The smallest absolute Gasteiger partial charge is 0.225 e. The van der Waals surface area contributed by atoms with Crippen LogP contribution in [0.2, 0.25) is 5.02 Å². The average Bonchev–Trinajstić information content (AvgIpc) is 2.66. The number of hydrogen-bond acceptors (Lipinski definition) is 4. The number of halogens is 2. The lowest BCUT2D eigenvalue weighted by Crippen LogP contribution is -2.57. The molecule has 1 aliphatic heterocycles. The fourth-order valence-electron chi connectivity index (χ4n) is 4.36. The molecular formula is C21H28ClFN2O3. The highest BCUT2D eigenvalue weighted by atomic mass is 35.5. The lowest BCUT2D eigenvalue weighted by molar-refractivity contribution is -0.142. The maximum Gasteiger partial charge on any atom is 0.225 e. The minimum Gasteiger partial charge on any atom is -0.487 e. The molecule has 2 N–H and O–H groups in total. The number of carbonyl (C=O) groups is 2. The second-order valence-electron chi connectivity index (χ2n) is 8.23. The second kappa shape index (κ2) is 8.78. The van der Waals surface area contributed by atoms with E-state index >= 15 is 0 Å². The first-order chi connectivity index (χ1) is 13.3. The topological polar surface area (TPSA) is 72.6 Å². The Morgan fingerprint density at radius 3 is 2.71 bits per heavy atom. The van der Waals surface area contributed by atoms with Gasteiger partial charge in [0.05, 0.1) is 6.10 Å². The number of likely N-dealkylation sites (tertiary alicyclic amines) is 1. The summed E-state index contributed by atoms with van der Waals surface area (Å²) < 4.78 is 19.7. The number of benzene rings is 1. The van der Waals surface area contributed by atoms with Crippen molar-refractivity contribution in [1.82, 2.24) is 4.90 Å². The van der Waals surface area contributed by atoms with E-state index in [4.69, 9.17) is 22.1 Å². The highest BCUT2D eigenvalue weighted by molar-refractivity contribution is 6.30. The number of ether oxygens (including phenoxy) is 1. The van der Waals surface area contributed by atoms with Crippen molar-refractivity contribution in [1.29, 1.82) is 0 Å². The van der Waals surface area contributed by atoms with Crippen LogP contribution in [0.4, 0.5) is 4.39 Å². The van der Waals surface area contributed by atoms with Gasteiger partial charge in [0.15, 0.2) is 11.6 Å². The third-order valence-electron chi connectivity index (χ3n) is 6.14. The second-order valence-corrected chi connectivity index (χ2v) is 8.67. The van der Waals surface area contributed by atoms with Gasteiger partial charge in [-0.15, -0.1) is 0 Å². The Bertz CT molecular complexity index is 716. The Balaban J connectivity index is 1.45. The van der Waals surface area contributed by atoms with Gasteiger partial charge in [-0.25, -0.2) is 4.39 Å². The van der Waals surface area contributed by atoms with Crippen LogP contribution in [0.15, 0.2) is 18.2 Å². The van der Waals surface area contributed by atoms with Crippen molar-refractivity contribution in [3.8, 4) is 5.75 Å². The number of rotatable bonds is 7. The zero-order chi connectivity index (χ0) is 20.3. The molecule has 1 heterocycles. The summed E-state index contributed by atoms with van der Waals surface area (Å²) in [6.45, 7) is 3.31. The molecule has 1 aromatic carbocycles. The minimum absolute atomic E-state index is 0.0231. The average molecular weight is 411 g/mol. The monoisotopic (exact) mass is 410 g/mol. The molecule has 28 heavy (non-hydrogen) atoms. The van der Waals surface area contributed by atoms with Crippen molar-refractivity contribution >= 4 is 23.8 Å². The SMILES string of the molecule is CC(Oc1ccc(Cl)cc1F)C1CCN(C(=O)C2CC(N)(CCC=O)C2)CC1.